The van der Waals surface area contributed by atoms with E-state index in [1.54, 1.807) is 0 Å². The summed E-state index contributed by atoms with van der Waals surface area (Å²) in [5.74, 6) is 0. The molecule has 0 spiro atoms. The van der Waals surface area contributed by atoms with Gasteiger partial charge in [0.15, 0.2) is 0 Å². The van der Waals surface area contributed by atoms with Crippen molar-refractivity contribution in [3.05, 3.63) is 24.9 Å². The Kier molecular flexibility index (Phi) is 4.66. The fourth-order valence-corrected chi connectivity index (χ4v) is 1.93. The highest BCUT2D eigenvalue weighted by atomic mass is 28.3. The second-order valence-corrected chi connectivity index (χ2v) is 5.21. The molecule has 0 aromatic heterocycles. The lowest BCUT2D eigenvalue weighted by Crippen LogP contribution is -2.03. The van der Waals surface area contributed by atoms with Crippen molar-refractivity contribution in [1.29, 1.82) is 0 Å². The molecular formula is C7H14Si. The third-order valence-electron chi connectivity index (χ3n) is 1.33. The Morgan fingerprint density at radius 2 is 2.12 bits per heavy atom. The first-order valence-corrected chi connectivity index (χ1v) is 5.38. The maximum absolute atomic E-state index is 3.76. The van der Waals surface area contributed by atoms with E-state index >= 15 is 0 Å². The van der Waals surface area contributed by atoms with Gasteiger partial charge in [-0.2, -0.15) is 0 Å². The highest BCUT2D eigenvalue weighted by molar-refractivity contribution is 6.64. The summed E-state index contributed by atoms with van der Waals surface area (Å²) in [7, 11) is -0.546. The van der Waals surface area contributed by atoms with Crippen LogP contribution < -0.4 is 0 Å². The van der Waals surface area contributed by atoms with Crippen LogP contribution in [0.5, 0.6) is 0 Å². The van der Waals surface area contributed by atoms with Crippen molar-refractivity contribution < 1.29 is 0 Å². The van der Waals surface area contributed by atoms with Gasteiger partial charge in [-0.15, -0.1) is 18.9 Å². The van der Waals surface area contributed by atoms with E-state index in [0.29, 0.717) is 0 Å². The summed E-state index contributed by atoms with van der Waals surface area (Å²) in [5.41, 5.74) is 2.13. The molecule has 0 bridgehead atoms. The molecule has 0 aliphatic heterocycles. The largest absolute Gasteiger partial charge is 0.107 e. The first-order valence-electron chi connectivity index (χ1n) is 3.08. The monoisotopic (exact) mass is 126 g/mol. The SMILES string of the molecule is C=CC[SiH](C=C)CC. The molecule has 0 saturated carbocycles. The molecule has 0 fully saturated rings. The lowest BCUT2D eigenvalue weighted by Gasteiger charge is -2.00. The average molecular weight is 126 g/mol. The van der Waals surface area contributed by atoms with Crippen molar-refractivity contribution >= 4 is 8.80 Å². The van der Waals surface area contributed by atoms with Crippen LogP contribution in [0, 0.1) is 0 Å². The van der Waals surface area contributed by atoms with Gasteiger partial charge in [0, 0.05) is 0 Å². The zero-order chi connectivity index (χ0) is 6.41. The third-order valence-corrected chi connectivity index (χ3v) is 3.98. The minimum atomic E-state index is -0.546. The van der Waals surface area contributed by atoms with Crippen LogP contribution in [-0.4, -0.2) is 8.80 Å². The van der Waals surface area contributed by atoms with Gasteiger partial charge >= 0.3 is 0 Å². The smallest absolute Gasteiger partial charge is 0.0641 e. The summed E-state index contributed by atoms with van der Waals surface area (Å²) >= 11 is 0. The first-order chi connectivity index (χ1) is 3.85. The van der Waals surface area contributed by atoms with E-state index in [2.05, 4.69) is 25.8 Å². The van der Waals surface area contributed by atoms with Crippen LogP contribution in [-0.2, 0) is 0 Å². The van der Waals surface area contributed by atoms with Crippen molar-refractivity contribution in [3.63, 3.8) is 0 Å². The van der Waals surface area contributed by atoms with Gasteiger partial charge in [0.1, 0.15) is 0 Å². The van der Waals surface area contributed by atoms with Crippen LogP contribution in [0.2, 0.25) is 12.1 Å². The van der Waals surface area contributed by atoms with Gasteiger partial charge in [-0.25, -0.2) is 0 Å². The quantitative estimate of drug-likeness (QED) is 0.400. The second-order valence-electron chi connectivity index (χ2n) is 1.93. The summed E-state index contributed by atoms with van der Waals surface area (Å²) in [6, 6.07) is 2.52. The molecule has 0 aromatic rings. The molecule has 0 aromatic carbocycles. The molecule has 0 nitrogen and oxygen atoms in total. The van der Waals surface area contributed by atoms with E-state index < -0.39 is 8.80 Å². The van der Waals surface area contributed by atoms with E-state index in [1.807, 2.05) is 6.08 Å². The number of rotatable bonds is 4. The molecule has 0 saturated heterocycles. The summed E-state index contributed by atoms with van der Waals surface area (Å²) in [4.78, 5) is 0. The molecule has 1 unspecified atom stereocenters. The fraction of sp³-hybridized carbons (Fsp3) is 0.429. The van der Waals surface area contributed by atoms with Crippen molar-refractivity contribution in [2.75, 3.05) is 0 Å². The zero-order valence-electron chi connectivity index (χ0n) is 5.56. The molecule has 0 N–H and O–H groups in total. The predicted molar refractivity (Wildman–Crippen MR) is 42.8 cm³/mol. The second kappa shape index (κ2) is 4.85. The Morgan fingerprint density at radius 3 is 2.25 bits per heavy atom. The van der Waals surface area contributed by atoms with Gasteiger partial charge in [-0.05, 0) is 6.04 Å². The molecule has 0 heterocycles. The van der Waals surface area contributed by atoms with E-state index in [4.69, 9.17) is 0 Å². The number of hydrogen-bond acceptors (Lipinski definition) is 0. The molecule has 1 atom stereocenters. The van der Waals surface area contributed by atoms with Gasteiger partial charge in [-0.1, -0.05) is 19.0 Å². The van der Waals surface area contributed by atoms with Gasteiger partial charge in [0.2, 0.25) is 0 Å². The number of hydrogen-bond donors (Lipinski definition) is 0. The van der Waals surface area contributed by atoms with E-state index in [-0.39, 0.29) is 0 Å². The Bertz CT molecular complexity index is 76.5. The molecule has 0 aliphatic carbocycles. The lowest BCUT2D eigenvalue weighted by atomic mass is 10.8. The Hall–Kier alpha value is -0.303. The first kappa shape index (κ1) is 7.70. The molecule has 0 amide bonds. The highest BCUT2D eigenvalue weighted by Gasteiger charge is 1.96. The standard InChI is InChI=1S/C7H14Si/c1-4-7-8(5-2)6-3/h4-5,8H,1-2,6-7H2,3H3. The van der Waals surface area contributed by atoms with Crippen LogP contribution >= 0.6 is 0 Å². The Balaban J connectivity index is 3.35. The van der Waals surface area contributed by atoms with Crippen LogP contribution in [0.15, 0.2) is 24.9 Å². The van der Waals surface area contributed by atoms with E-state index in [9.17, 15) is 0 Å². The molecule has 0 aliphatic rings. The van der Waals surface area contributed by atoms with Crippen LogP contribution in [0.3, 0.4) is 0 Å². The summed E-state index contributed by atoms with van der Waals surface area (Å²) in [6.45, 7) is 9.67. The Morgan fingerprint density at radius 1 is 1.50 bits per heavy atom. The fourth-order valence-electron chi connectivity index (χ4n) is 0.644. The Labute approximate surface area is 53.5 Å². The molecular weight excluding hydrogens is 112 g/mol. The van der Waals surface area contributed by atoms with Crippen molar-refractivity contribution in [2.24, 2.45) is 0 Å². The van der Waals surface area contributed by atoms with Gasteiger partial charge < -0.3 is 0 Å². The third kappa shape index (κ3) is 2.80. The van der Waals surface area contributed by atoms with Gasteiger partial charge in [-0.3, -0.25) is 0 Å². The van der Waals surface area contributed by atoms with Crippen LogP contribution in [0.4, 0.5) is 0 Å². The molecule has 0 radical (unpaired) electrons. The lowest BCUT2D eigenvalue weighted by molar-refractivity contribution is 1.40. The van der Waals surface area contributed by atoms with Crippen molar-refractivity contribution in [1.82, 2.24) is 0 Å². The summed E-state index contributed by atoms with van der Waals surface area (Å²) in [6.07, 6.45) is 2.00. The minimum Gasteiger partial charge on any atom is -0.107 e. The summed E-state index contributed by atoms with van der Waals surface area (Å²) in [5, 5.41) is 0. The maximum atomic E-state index is 3.76. The topological polar surface area (TPSA) is 0 Å². The van der Waals surface area contributed by atoms with E-state index in [1.165, 1.54) is 12.1 Å². The minimum absolute atomic E-state index is 0.546. The summed E-state index contributed by atoms with van der Waals surface area (Å²) < 4.78 is 0. The molecule has 8 heavy (non-hydrogen) atoms. The highest BCUT2D eigenvalue weighted by Crippen LogP contribution is 1.98. The van der Waals surface area contributed by atoms with Crippen LogP contribution in [0.25, 0.3) is 0 Å². The van der Waals surface area contributed by atoms with Crippen molar-refractivity contribution in [2.45, 2.75) is 19.0 Å². The normalized spacial score (nSPS) is 12.6. The molecule has 0 rings (SSSR count). The zero-order valence-corrected chi connectivity index (χ0v) is 6.72. The van der Waals surface area contributed by atoms with E-state index in [0.717, 1.165) is 0 Å². The van der Waals surface area contributed by atoms with Gasteiger partial charge in [0.05, 0.1) is 8.80 Å². The van der Waals surface area contributed by atoms with Crippen LogP contribution in [0.1, 0.15) is 6.92 Å². The van der Waals surface area contributed by atoms with Crippen molar-refractivity contribution in [3.8, 4) is 0 Å². The predicted octanol–water partition coefficient (Wildman–Crippen LogP) is 2.14. The number of allylic oxidation sites excluding steroid dienone is 1. The molecule has 46 valence electrons. The molecule has 1 heteroatoms. The average Bonchev–Trinajstić information content (AvgIpc) is 1.83. The maximum Gasteiger partial charge on any atom is 0.0641 e. The van der Waals surface area contributed by atoms with Gasteiger partial charge in [0.25, 0.3) is 0 Å².